The van der Waals surface area contributed by atoms with Crippen molar-refractivity contribution in [3.05, 3.63) is 29.8 Å². The summed E-state index contributed by atoms with van der Waals surface area (Å²) in [6.07, 6.45) is 4.62. The minimum atomic E-state index is -0.457. The molecule has 6 heteroatoms. The Kier molecular flexibility index (Phi) is 8.13. The molecule has 6 nitrogen and oxygen atoms in total. The molecule has 2 heterocycles. The number of β-amino-alcohol motifs (C(OH)–C–C–N with tert-alkyl or cyclic N) is 1. The molecule has 2 aliphatic rings. The highest BCUT2D eigenvalue weighted by Crippen LogP contribution is 2.17. The summed E-state index contributed by atoms with van der Waals surface area (Å²) in [6, 6.07) is 8.14. The number of piperazine rings is 1. The van der Waals surface area contributed by atoms with Gasteiger partial charge in [0.15, 0.2) is 0 Å². The van der Waals surface area contributed by atoms with E-state index in [2.05, 4.69) is 21.9 Å². The first-order valence-electron chi connectivity index (χ1n) is 10.7. The largest absolute Gasteiger partial charge is 0.491 e. The maximum atomic E-state index is 11.4. The summed E-state index contributed by atoms with van der Waals surface area (Å²) in [7, 11) is 0. The third-order valence-electron chi connectivity index (χ3n) is 5.73. The standard InChI is InChI=1S/C22H35N3O3/c1-19(26)25-13-11-24(12-14-25)16-20-7-6-8-22(15-20)28-18-21(27)17-23-9-4-2-3-5-10-23/h6-8,15,21,27H,2-5,9-14,16-18H2,1H3. The van der Waals surface area contributed by atoms with Gasteiger partial charge < -0.3 is 19.6 Å². The lowest BCUT2D eigenvalue weighted by Crippen LogP contribution is -2.47. The number of ether oxygens (including phenoxy) is 1. The van der Waals surface area contributed by atoms with Gasteiger partial charge in [0.05, 0.1) is 0 Å². The van der Waals surface area contributed by atoms with E-state index >= 15 is 0 Å². The lowest BCUT2D eigenvalue weighted by atomic mass is 10.2. The number of hydrogen-bond acceptors (Lipinski definition) is 5. The van der Waals surface area contributed by atoms with Gasteiger partial charge in [-0.2, -0.15) is 0 Å². The maximum Gasteiger partial charge on any atom is 0.219 e. The Morgan fingerprint density at radius 2 is 1.75 bits per heavy atom. The zero-order valence-electron chi connectivity index (χ0n) is 17.2. The van der Waals surface area contributed by atoms with Crippen LogP contribution in [0, 0.1) is 0 Å². The van der Waals surface area contributed by atoms with Crippen molar-refractivity contribution in [3.63, 3.8) is 0 Å². The maximum absolute atomic E-state index is 11.4. The second kappa shape index (κ2) is 10.8. The summed E-state index contributed by atoms with van der Waals surface area (Å²) in [5.74, 6) is 0.976. The molecule has 2 fully saturated rings. The third-order valence-corrected chi connectivity index (χ3v) is 5.73. The molecular weight excluding hydrogens is 354 g/mol. The van der Waals surface area contributed by atoms with E-state index in [9.17, 15) is 9.90 Å². The minimum absolute atomic E-state index is 0.161. The number of nitrogens with zero attached hydrogens (tertiary/aromatic N) is 3. The summed E-state index contributed by atoms with van der Waals surface area (Å²) in [4.78, 5) is 18.1. The van der Waals surface area contributed by atoms with Gasteiger partial charge in [-0.15, -0.1) is 0 Å². The summed E-state index contributed by atoms with van der Waals surface area (Å²) < 4.78 is 5.87. The van der Waals surface area contributed by atoms with Gasteiger partial charge >= 0.3 is 0 Å². The highest BCUT2D eigenvalue weighted by atomic mass is 16.5. The van der Waals surface area contributed by atoms with Crippen molar-refractivity contribution >= 4 is 5.91 Å². The molecule has 0 aliphatic carbocycles. The predicted molar refractivity (Wildman–Crippen MR) is 110 cm³/mol. The Bertz CT molecular complexity index is 609. The second-order valence-electron chi connectivity index (χ2n) is 8.11. The van der Waals surface area contributed by atoms with Crippen molar-refractivity contribution in [2.45, 2.75) is 45.3 Å². The zero-order chi connectivity index (χ0) is 19.8. The Morgan fingerprint density at radius 3 is 2.43 bits per heavy atom. The lowest BCUT2D eigenvalue weighted by molar-refractivity contribution is -0.130. The van der Waals surface area contributed by atoms with Gasteiger partial charge in [0.25, 0.3) is 0 Å². The zero-order valence-corrected chi connectivity index (χ0v) is 17.2. The summed E-state index contributed by atoms with van der Waals surface area (Å²) in [5.41, 5.74) is 1.20. The van der Waals surface area contributed by atoms with E-state index in [0.717, 1.165) is 51.6 Å². The molecular formula is C22H35N3O3. The third kappa shape index (κ3) is 6.76. The molecule has 28 heavy (non-hydrogen) atoms. The van der Waals surface area contributed by atoms with Gasteiger partial charge in [0, 0.05) is 46.2 Å². The van der Waals surface area contributed by atoms with Crippen molar-refractivity contribution in [2.75, 3.05) is 52.4 Å². The number of aliphatic hydroxyl groups is 1. The molecule has 0 bridgehead atoms. The van der Waals surface area contributed by atoms with E-state index in [0.29, 0.717) is 13.2 Å². The molecule has 1 unspecified atom stereocenters. The van der Waals surface area contributed by atoms with Gasteiger partial charge in [0.1, 0.15) is 18.5 Å². The molecule has 1 N–H and O–H groups in total. The van der Waals surface area contributed by atoms with Crippen LogP contribution in [0.1, 0.15) is 38.2 Å². The van der Waals surface area contributed by atoms with Crippen LogP contribution < -0.4 is 4.74 Å². The lowest BCUT2D eigenvalue weighted by Gasteiger charge is -2.34. The first kappa shape index (κ1) is 21.1. The fourth-order valence-corrected chi connectivity index (χ4v) is 4.07. The molecule has 2 saturated heterocycles. The molecule has 3 rings (SSSR count). The number of aliphatic hydroxyl groups excluding tert-OH is 1. The number of amides is 1. The molecule has 1 atom stereocenters. The van der Waals surface area contributed by atoms with Crippen LogP contribution in [0.25, 0.3) is 0 Å². The molecule has 0 radical (unpaired) electrons. The Labute approximate surface area is 169 Å². The molecule has 1 aromatic carbocycles. The van der Waals surface area contributed by atoms with Crippen molar-refractivity contribution in [1.82, 2.24) is 14.7 Å². The van der Waals surface area contributed by atoms with E-state index in [1.807, 2.05) is 17.0 Å². The molecule has 156 valence electrons. The number of carbonyl (C=O) groups excluding carboxylic acids is 1. The molecule has 0 saturated carbocycles. The average molecular weight is 390 g/mol. The normalized spacial score (nSPS) is 20.6. The van der Waals surface area contributed by atoms with Gasteiger partial charge in [-0.1, -0.05) is 25.0 Å². The number of rotatable bonds is 7. The van der Waals surface area contributed by atoms with Crippen LogP contribution >= 0.6 is 0 Å². The summed E-state index contributed by atoms with van der Waals surface area (Å²) in [5, 5.41) is 10.3. The Balaban J connectivity index is 1.42. The molecule has 1 aromatic rings. The smallest absolute Gasteiger partial charge is 0.219 e. The summed E-state index contributed by atoms with van der Waals surface area (Å²) >= 11 is 0. The van der Waals surface area contributed by atoms with Crippen molar-refractivity contribution in [1.29, 1.82) is 0 Å². The molecule has 1 amide bonds. The van der Waals surface area contributed by atoms with Gasteiger partial charge in [-0.25, -0.2) is 0 Å². The predicted octanol–water partition coefficient (Wildman–Crippen LogP) is 1.97. The summed E-state index contributed by atoms with van der Waals surface area (Å²) in [6.45, 7) is 9.10. The van der Waals surface area contributed by atoms with Gasteiger partial charge in [0.2, 0.25) is 5.91 Å². The van der Waals surface area contributed by atoms with Crippen LogP contribution in [0.5, 0.6) is 5.75 Å². The van der Waals surface area contributed by atoms with E-state index in [1.54, 1.807) is 6.92 Å². The average Bonchev–Trinajstić information content (AvgIpc) is 2.96. The fourth-order valence-electron chi connectivity index (χ4n) is 4.07. The Hall–Kier alpha value is -1.63. The monoisotopic (exact) mass is 389 g/mol. The minimum Gasteiger partial charge on any atom is -0.491 e. The van der Waals surface area contributed by atoms with Crippen LogP contribution in [0.15, 0.2) is 24.3 Å². The van der Waals surface area contributed by atoms with Crippen LogP contribution in [-0.2, 0) is 11.3 Å². The van der Waals surface area contributed by atoms with E-state index in [-0.39, 0.29) is 5.91 Å². The number of carbonyl (C=O) groups is 1. The first-order valence-corrected chi connectivity index (χ1v) is 10.7. The number of likely N-dealkylation sites (tertiary alicyclic amines) is 1. The van der Waals surface area contributed by atoms with E-state index in [4.69, 9.17) is 4.74 Å². The van der Waals surface area contributed by atoms with E-state index < -0.39 is 6.10 Å². The highest BCUT2D eigenvalue weighted by Gasteiger charge is 2.19. The van der Waals surface area contributed by atoms with Crippen LogP contribution in [0.4, 0.5) is 0 Å². The van der Waals surface area contributed by atoms with Crippen molar-refractivity contribution in [2.24, 2.45) is 0 Å². The fraction of sp³-hybridized carbons (Fsp3) is 0.682. The first-order chi connectivity index (χ1) is 13.6. The van der Waals surface area contributed by atoms with Gasteiger partial charge in [-0.05, 0) is 43.6 Å². The van der Waals surface area contributed by atoms with E-state index in [1.165, 1.54) is 31.2 Å². The van der Waals surface area contributed by atoms with Crippen molar-refractivity contribution < 1.29 is 14.6 Å². The number of benzene rings is 1. The molecule has 0 spiro atoms. The molecule has 0 aromatic heterocycles. The quantitative estimate of drug-likeness (QED) is 0.773. The molecule has 2 aliphatic heterocycles. The van der Waals surface area contributed by atoms with Crippen LogP contribution in [-0.4, -0.2) is 84.2 Å². The number of hydrogen-bond donors (Lipinski definition) is 1. The van der Waals surface area contributed by atoms with Crippen LogP contribution in [0.3, 0.4) is 0 Å². The highest BCUT2D eigenvalue weighted by molar-refractivity contribution is 5.73. The van der Waals surface area contributed by atoms with Crippen LogP contribution in [0.2, 0.25) is 0 Å². The van der Waals surface area contributed by atoms with Gasteiger partial charge in [-0.3, -0.25) is 9.69 Å². The second-order valence-corrected chi connectivity index (χ2v) is 8.11. The van der Waals surface area contributed by atoms with Crippen molar-refractivity contribution in [3.8, 4) is 5.75 Å². The topological polar surface area (TPSA) is 56.3 Å². The Morgan fingerprint density at radius 1 is 1.04 bits per heavy atom. The SMILES string of the molecule is CC(=O)N1CCN(Cc2cccc(OCC(O)CN3CCCCCC3)c2)CC1.